The fourth-order valence-electron chi connectivity index (χ4n) is 5.84. The largest absolute Gasteiger partial charge is 0.385 e. The molecule has 1 aliphatic rings. The summed E-state index contributed by atoms with van der Waals surface area (Å²) in [5, 5.41) is 5.09. The van der Waals surface area contributed by atoms with Crippen molar-refractivity contribution in [3.8, 4) is 0 Å². The third kappa shape index (κ3) is 8.62. The summed E-state index contributed by atoms with van der Waals surface area (Å²) in [6.45, 7) is 7.23. The van der Waals surface area contributed by atoms with Gasteiger partial charge in [-0.05, 0) is 108 Å². The number of nitrogens with one attached hydrogen (secondary N) is 2. The molecule has 11 heteroatoms. The number of aryl methyl sites for hydroxylation is 2. The molecule has 0 aliphatic heterocycles. The first-order valence-electron chi connectivity index (χ1n) is 15.7. The van der Waals surface area contributed by atoms with Gasteiger partial charge in [-0.15, -0.1) is 0 Å². The second-order valence-corrected chi connectivity index (χ2v) is 14.9. The first-order valence-corrected chi connectivity index (χ1v) is 18.7. The van der Waals surface area contributed by atoms with E-state index in [2.05, 4.69) is 42.7 Å². The van der Waals surface area contributed by atoms with E-state index in [-0.39, 0.29) is 4.90 Å². The SMILES string of the molecule is CCNc1ccc(C(=C2C=CC(=[N+](C)Cc3cccc(S(=O)(=O)O)c3)C=C2)c2ccc(NC(c3ccccc3)S(=O)(=O)O)c(C)c2)cc1C. The molecule has 4 N–H and O–H groups in total. The molecule has 0 saturated carbocycles. The Balaban J connectivity index is 1.53. The monoisotopic (exact) mass is 698 g/mol. The van der Waals surface area contributed by atoms with Crippen LogP contribution in [-0.2, 0) is 26.8 Å². The second-order valence-electron chi connectivity index (χ2n) is 11.9. The standard InChI is InChI=1S/C38H39N3O6S2/c1-5-39-35-20-16-31(22-26(35)2)37(29-14-18-33(19-15-29)41(4)25-28-10-9-13-34(24-28)48(42,43)44)32-17-21-36(27(3)23-32)40-38(49(45,46)47)30-11-7-6-8-12-30/h6-24,38H,5,25H2,1-4H3,(H3,39,40,42,43,44,45,46,47)/p+1. The topological polar surface area (TPSA) is 136 Å². The minimum Gasteiger partial charge on any atom is -0.385 e. The van der Waals surface area contributed by atoms with Crippen molar-refractivity contribution in [3.63, 3.8) is 0 Å². The summed E-state index contributed by atoms with van der Waals surface area (Å²) in [5.41, 5.74) is 9.44. The van der Waals surface area contributed by atoms with Crippen LogP contribution >= 0.6 is 0 Å². The van der Waals surface area contributed by atoms with Gasteiger partial charge in [0.2, 0.25) is 0 Å². The van der Waals surface area contributed by atoms with Gasteiger partial charge in [-0.3, -0.25) is 9.11 Å². The van der Waals surface area contributed by atoms with Crippen LogP contribution < -0.4 is 10.6 Å². The number of nitrogens with zero attached hydrogens (tertiary/aromatic N) is 1. The Kier molecular flexibility index (Phi) is 10.7. The van der Waals surface area contributed by atoms with Gasteiger partial charge in [-0.2, -0.15) is 16.8 Å². The summed E-state index contributed by atoms with van der Waals surface area (Å²) >= 11 is 0. The zero-order chi connectivity index (χ0) is 35.3. The highest BCUT2D eigenvalue weighted by Crippen LogP contribution is 2.35. The van der Waals surface area contributed by atoms with Gasteiger partial charge in [0.05, 0.1) is 4.90 Å². The maximum Gasteiger partial charge on any atom is 0.294 e. The lowest BCUT2D eigenvalue weighted by atomic mass is 9.89. The summed E-state index contributed by atoms with van der Waals surface area (Å²) in [4.78, 5) is -0.145. The summed E-state index contributed by atoms with van der Waals surface area (Å²) in [7, 11) is -6.85. The molecule has 0 heterocycles. The smallest absolute Gasteiger partial charge is 0.294 e. The molecule has 9 nitrogen and oxygen atoms in total. The molecule has 0 amide bonds. The molecule has 0 fully saturated rings. The Labute approximate surface area is 288 Å². The molecule has 5 rings (SSSR count). The maximum absolute atomic E-state index is 12.4. The van der Waals surface area contributed by atoms with Crippen LogP contribution in [0.4, 0.5) is 11.4 Å². The second kappa shape index (κ2) is 14.8. The van der Waals surface area contributed by atoms with Crippen molar-refractivity contribution >= 4 is 42.9 Å². The van der Waals surface area contributed by atoms with E-state index in [4.69, 9.17) is 0 Å². The fraction of sp³-hybridized carbons (Fsp3) is 0.184. The number of anilines is 2. The van der Waals surface area contributed by atoms with E-state index in [0.29, 0.717) is 17.8 Å². The van der Waals surface area contributed by atoms with E-state index in [9.17, 15) is 25.9 Å². The van der Waals surface area contributed by atoms with Crippen LogP contribution in [0.1, 0.15) is 45.7 Å². The summed E-state index contributed by atoms with van der Waals surface area (Å²) < 4.78 is 69.5. The molecule has 0 bridgehead atoms. The van der Waals surface area contributed by atoms with Crippen LogP contribution in [0.2, 0.25) is 0 Å². The molecule has 0 radical (unpaired) electrons. The number of hydrogen-bond donors (Lipinski definition) is 4. The number of allylic oxidation sites excluding steroid dienone is 5. The van der Waals surface area contributed by atoms with Gasteiger partial charge in [0.25, 0.3) is 20.2 Å². The fourth-order valence-corrected chi connectivity index (χ4v) is 7.17. The predicted molar refractivity (Wildman–Crippen MR) is 196 cm³/mol. The molecular weight excluding hydrogens is 659 g/mol. The zero-order valence-electron chi connectivity index (χ0n) is 27.8. The molecule has 0 aromatic heterocycles. The van der Waals surface area contributed by atoms with Gasteiger partial charge >= 0.3 is 0 Å². The normalized spacial score (nSPS) is 13.7. The molecule has 0 spiro atoms. The van der Waals surface area contributed by atoms with E-state index < -0.39 is 25.6 Å². The number of hydrogen-bond acceptors (Lipinski definition) is 6. The summed E-state index contributed by atoms with van der Waals surface area (Å²) in [5.74, 6) is 0. The molecular formula is C38H40N3O6S2+. The first kappa shape index (κ1) is 35.5. The Morgan fingerprint density at radius 3 is 1.92 bits per heavy atom. The van der Waals surface area contributed by atoms with Crippen LogP contribution in [0.3, 0.4) is 0 Å². The lowest BCUT2D eigenvalue weighted by molar-refractivity contribution is -0.512. The van der Waals surface area contributed by atoms with Crippen molar-refractivity contribution < 1.29 is 30.5 Å². The summed E-state index contributed by atoms with van der Waals surface area (Å²) in [6, 6.07) is 26.8. The molecule has 0 saturated heterocycles. The van der Waals surface area contributed by atoms with Crippen LogP contribution in [0.5, 0.6) is 0 Å². The van der Waals surface area contributed by atoms with Crippen molar-refractivity contribution in [1.82, 2.24) is 0 Å². The van der Waals surface area contributed by atoms with Crippen molar-refractivity contribution in [2.45, 2.75) is 37.6 Å². The lowest BCUT2D eigenvalue weighted by Crippen LogP contribution is -2.21. The summed E-state index contributed by atoms with van der Waals surface area (Å²) in [6.07, 6.45) is 8.07. The van der Waals surface area contributed by atoms with Crippen molar-refractivity contribution in [2.75, 3.05) is 24.2 Å². The number of rotatable bonds is 11. The van der Waals surface area contributed by atoms with Crippen LogP contribution in [-0.4, -0.2) is 49.8 Å². The maximum atomic E-state index is 12.4. The molecule has 1 aliphatic carbocycles. The zero-order valence-corrected chi connectivity index (χ0v) is 29.4. The van der Waals surface area contributed by atoms with E-state index in [1.165, 1.54) is 12.1 Å². The highest BCUT2D eigenvalue weighted by atomic mass is 32.2. The average molecular weight is 699 g/mol. The van der Waals surface area contributed by atoms with E-state index >= 15 is 0 Å². The molecule has 4 aromatic carbocycles. The molecule has 1 atom stereocenters. The third-order valence-corrected chi connectivity index (χ3v) is 10.1. The van der Waals surface area contributed by atoms with Gasteiger partial charge in [0, 0.05) is 35.6 Å². The van der Waals surface area contributed by atoms with E-state index in [1.54, 1.807) is 36.4 Å². The van der Waals surface area contributed by atoms with Crippen molar-refractivity contribution in [1.29, 1.82) is 0 Å². The Bertz CT molecular complexity index is 2200. The molecule has 4 aromatic rings. The predicted octanol–water partition coefficient (Wildman–Crippen LogP) is 7.19. The van der Waals surface area contributed by atoms with Gasteiger partial charge in [0.15, 0.2) is 17.6 Å². The van der Waals surface area contributed by atoms with Crippen molar-refractivity contribution in [3.05, 3.63) is 154 Å². The first-order chi connectivity index (χ1) is 23.2. The van der Waals surface area contributed by atoms with Gasteiger partial charge in [-0.1, -0.05) is 54.6 Å². The Morgan fingerprint density at radius 1 is 0.755 bits per heavy atom. The third-order valence-electron chi connectivity index (χ3n) is 8.30. The van der Waals surface area contributed by atoms with Crippen molar-refractivity contribution in [2.24, 2.45) is 0 Å². The average Bonchev–Trinajstić information content (AvgIpc) is 3.05. The Hall–Kier alpha value is -4.81. The highest BCUT2D eigenvalue weighted by Gasteiger charge is 2.26. The van der Waals surface area contributed by atoms with Crippen LogP contribution in [0.25, 0.3) is 5.57 Å². The van der Waals surface area contributed by atoms with Gasteiger partial charge < -0.3 is 10.6 Å². The minimum atomic E-state index is -4.46. The highest BCUT2D eigenvalue weighted by molar-refractivity contribution is 7.86. The Morgan fingerprint density at radius 2 is 1.37 bits per heavy atom. The van der Waals surface area contributed by atoms with E-state index in [0.717, 1.165) is 56.9 Å². The lowest BCUT2D eigenvalue weighted by Gasteiger charge is -2.21. The van der Waals surface area contributed by atoms with E-state index in [1.807, 2.05) is 67.1 Å². The molecule has 1 unspecified atom stereocenters. The molecule has 254 valence electrons. The van der Waals surface area contributed by atoms with Gasteiger partial charge in [-0.25, -0.2) is 4.58 Å². The van der Waals surface area contributed by atoms with Crippen LogP contribution in [0.15, 0.2) is 126 Å². The van der Waals surface area contributed by atoms with Gasteiger partial charge in [0.1, 0.15) is 7.05 Å². The number of benzene rings is 4. The quantitative estimate of drug-likeness (QED) is 0.0955. The van der Waals surface area contributed by atoms with Crippen LogP contribution in [0, 0.1) is 13.8 Å². The molecule has 49 heavy (non-hydrogen) atoms. The minimum absolute atomic E-state index is 0.145.